The van der Waals surface area contributed by atoms with Crippen LogP contribution in [0.5, 0.6) is 0 Å². The van der Waals surface area contributed by atoms with E-state index < -0.39 is 0 Å². The van der Waals surface area contributed by atoms with Crippen LogP contribution in [0.1, 0.15) is 37.3 Å². The van der Waals surface area contributed by atoms with Crippen molar-refractivity contribution in [2.45, 2.75) is 25.9 Å². The first-order chi connectivity index (χ1) is 11.1. The monoisotopic (exact) mass is 313 g/mol. The number of benzene rings is 1. The summed E-state index contributed by atoms with van der Waals surface area (Å²) in [7, 11) is 2.00. The Hall–Kier alpha value is -2.34. The van der Waals surface area contributed by atoms with Crippen LogP contribution in [-0.2, 0) is 7.05 Å². The Morgan fingerprint density at radius 3 is 2.52 bits per heavy atom. The third kappa shape index (κ3) is 3.22. The van der Waals surface area contributed by atoms with Crippen molar-refractivity contribution in [1.29, 1.82) is 0 Å². The zero-order chi connectivity index (χ0) is 16.4. The number of anilines is 1. The summed E-state index contributed by atoms with van der Waals surface area (Å²) >= 11 is 0. The van der Waals surface area contributed by atoms with Gasteiger partial charge in [0.15, 0.2) is 0 Å². The van der Waals surface area contributed by atoms with Crippen molar-refractivity contribution in [2.24, 2.45) is 7.05 Å². The van der Waals surface area contributed by atoms with Gasteiger partial charge in [0.05, 0.1) is 6.04 Å². The molecule has 2 aromatic rings. The lowest BCUT2D eigenvalue weighted by atomic mass is 10.1. The number of urea groups is 1. The molecule has 2 N–H and O–H groups in total. The molecule has 23 heavy (non-hydrogen) atoms. The van der Waals surface area contributed by atoms with Gasteiger partial charge in [-0.25, -0.2) is 9.78 Å². The third-order valence-corrected chi connectivity index (χ3v) is 4.31. The molecular formula is C17H23N5O. The van der Waals surface area contributed by atoms with Gasteiger partial charge < -0.3 is 15.2 Å². The van der Waals surface area contributed by atoms with Crippen LogP contribution in [0.4, 0.5) is 10.5 Å². The van der Waals surface area contributed by atoms with Gasteiger partial charge in [-0.3, -0.25) is 4.90 Å². The molecule has 1 aliphatic heterocycles. The van der Waals surface area contributed by atoms with Crippen molar-refractivity contribution in [3.8, 4) is 0 Å². The molecule has 6 heteroatoms. The second-order valence-electron chi connectivity index (χ2n) is 5.98. The van der Waals surface area contributed by atoms with Crippen LogP contribution in [0, 0.1) is 0 Å². The minimum atomic E-state index is -0.0210. The number of carbonyl (C=O) groups is 1. The lowest BCUT2D eigenvalue weighted by Gasteiger charge is -2.21. The maximum atomic E-state index is 11.7. The number of hydrogen-bond acceptors (Lipinski definition) is 3. The molecule has 1 fully saturated rings. The maximum absolute atomic E-state index is 11.7. The number of nitrogens with one attached hydrogen (secondary N) is 2. The molecule has 1 aliphatic rings. The molecule has 0 aliphatic carbocycles. The van der Waals surface area contributed by atoms with Gasteiger partial charge in [0.25, 0.3) is 0 Å². The SMILES string of the molecule is CC(NC(C)c1nccn1C)c1ccc(N2CCNC2=O)cc1. The summed E-state index contributed by atoms with van der Waals surface area (Å²) in [5.74, 6) is 1.02. The van der Waals surface area contributed by atoms with Crippen LogP contribution >= 0.6 is 0 Å². The number of nitrogens with zero attached hydrogens (tertiary/aromatic N) is 3. The van der Waals surface area contributed by atoms with Crippen LogP contribution in [0.25, 0.3) is 0 Å². The van der Waals surface area contributed by atoms with Crippen molar-refractivity contribution < 1.29 is 4.79 Å². The summed E-state index contributed by atoms with van der Waals surface area (Å²) in [4.78, 5) is 17.8. The minimum Gasteiger partial charge on any atom is -0.337 e. The Kier molecular flexibility index (Phi) is 4.34. The molecular weight excluding hydrogens is 290 g/mol. The minimum absolute atomic E-state index is 0.0210. The molecule has 2 atom stereocenters. The van der Waals surface area contributed by atoms with E-state index in [0.717, 1.165) is 18.1 Å². The Bertz CT molecular complexity index is 679. The van der Waals surface area contributed by atoms with Gasteiger partial charge in [0, 0.05) is 44.3 Å². The normalized spacial score (nSPS) is 17.2. The van der Waals surface area contributed by atoms with Gasteiger partial charge in [0.2, 0.25) is 0 Å². The number of amides is 2. The van der Waals surface area contributed by atoms with Crippen molar-refractivity contribution in [2.75, 3.05) is 18.0 Å². The van der Waals surface area contributed by atoms with Crippen LogP contribution in [0.15, 0.2) is 36.7 Å². The average Bonchev–Trinajstić information content (AvgIpc) is 3.15. The van der Waals surface area contributed by atoms with Crippen LogP contribution in [-0.4, -0.2) is 28.7 Å². The fourth-order valence-electron chi connectivity index (χ4n) is 3.00. The molecule has 6 nitrogen and oxygen atoms in total. The van der Waals surface area contributed by atoms with E-state index in [-0.39, 0.29) is 18.1 Å². The predicted octanol–water partition coefficient (Wildman–Crippen LogP) is 2.36. The van der Waals surface area contributed by atoms with E-state index in [1.807, 2.05) is 36.1 Å². The highest BCUT2D eigenvalue weighted by Gasteiger charge is 2.21. The van der Waals surface area contributed by atoms with E-state index in [4.69, 9.17) is 0 Å². The van der Waals surface area contributed by atoms with Gasteiger partial charge in [-0.15, -0.1) is 0 Å². The van der Waals surface area contributed by atoms with E-state index in [0.29, 0.717) is 6.54 Å². The Morgan fingerprint density at radius 1 is 1.22 bits per heavy atom. The second kappa shape index (κ2) is 6.42. The summed E-state index contributed by atoms with van der Waals surface area (Å²) in [6, 6.07) is 8.49. The van der Waals surface area contributed by atoms with Crippen molar-refractivity contribution in [3.63, 3.8) is 0 Å². The standard InChI is InChI=1S/C17H23N5O/c1-12(20-13(2)16-18-8-10-21(16)3)14-4-6-15(7-5-14)22-11-9-19-17(22)23/h4-8,10,12-13,20H,9,11H2,1-3H3,(H,19,23). The fraction of sp³-hybridized carbons (Fsp3) is 0.412. The summed E-state index contributed by atoms with van der Waals surface area (Å²) in [5.41, 5.74) is 2.13. The van der Waals surface area contributed by atoms with Crippen LogP contribution in [0.3, 0.4) is 0 Å². The molecule has 2 heterocycles. The molecule has 0 radical (unpaired) electrons. The smallest absolute Gasteiger partial charge is 0.321 e. The number of carbonyl (C=O) groups excluding carboxylic acids is 1. The maximum Gasteiger partial charge on any atom is 0.321 e. The first-order valence-electron chi connectivity index (χ1n) is 7.95. The lowest BCUT2D eigenvalue weighted by Crippen LogP contribution is -2.28. The number of aryl methyl sites for hydroxylation is 1. The summed E-state index contributed by atoms with van der Waals surface area (Å²) in [6.07, 6.45) is 3.77. The second-order valence-corrected chi connectivity index (χ2v) is 5.98. The highest BCUT2D eigenvalue weighted by Crippen LogP contribution is 2.22. The first-order valence-corrected chi connectivity index (χ1v) is 7.95. The lowest BCUT2D eigenvalue weighted by molar-refractivity contribution is 0.252. The zero-order valence-electron chi connectivity index (χ0n) is 13.8. The van der Waals surface area contributed by atoms with Crippen molar-refractivity contribution in [1.82, 2.24) is 20.2 Å². The highest BCUT2D eigenvalue weighted by atomic mass is 16.2. The zero-order valence-corrected chi connectivity index (χ0v) is 13.8. The summed E-state index contributed by atoms with van der Waals surface area (Å²) in [6.45, 7) is 5.68. The van der Waals surface area contributed by atoms with Gasteiger partial charge in [0.1, 0.15) is 5.82 Å². The van der Waals surface area contributed by atoms with Crippen LogP contribution in [0.2, 0.25) is 0 Å². The average molecular weight is 313 g/mol. The van der Waals surface area contributed by atoms with E-state index in [1.165, 1.54) is 5.56 Å². The van der Waals surface area contributed by atoms with Gasteiger partial charge in [-0.2, -0.15) is 0 Å². The van der Waals surface area contributed by atoms with Gasteiger partial charge in [-0.05, 0) is 31.5 Å². The molecule has 1 aromatic carbocycles. The molecule has 3 rings (SSSR count). The molecule has 1 aromatic heterocycles. The van der Waals surface area contributed by atoms with Crippen molar-refractivity contribution in [3.05, 3.63) is 48.0 Å². The molecule has 0 saturated carbocycles. The van der Waals surface area contributed by atoms with Gasteiger partial charge in [-0.1, -0.05) is 12.1 Å². The first kappa shape index (κ1) is 15.6. The molecule has 1 saturated heterocycles. The van der Waals surface area contributed by atoms with E-state index in [2.05, 4.69) is 41.6 Å². The number of rotatable bonds is 5. The number of aromatic nitrogens is 2. The third-order valence-electron chi connectivity index (χ3n) is 4.31. The predicted molar refractivity (Wildman–Crippen MR) is 90.4 cm³/mol. The van der Waals surface area contributed by atoms with Crippen LogP contribution < -0.4 is 15.5 Å². The molecule has 122 valence electrons. The quantitative estimate of drug-likeness (QED) is 0.891. The summed E-state index contributed by atoms with van der Waals surface area (Å²) < 4.78 is 2.03. The molecule has 2 unspecified atom stereocenters. The van der Waals surface area contributed by atoms with Crippen molar-refractivity contribution >= 4 is 11.7 Å². The molecule has 0 bridgehead atoms. The Labute approximate surface area is 136 Å². The largest absolute Gasteiger partial charge is 0.337 e. The number of hydrogen-bond donors (Lipinski definition) is 2. The topological polar surface area (TPSA) is 62.2 Å². The molecule has 0 spiro atoms. The molecule has 2 amide bonds. The van der Waals surface area contributed by atoms with Gasteiger partial charge >= 0.3 is 6.03 Å². The van der Waals surface area contributed by atoms with E-state index in [9.17, 15) is 4.79 Å². The number of imidazole rings is 1. The Morgan fingerprint density at radius 2 is 1.96 bits per heavy atom. The summed E-state index contributed by atoms with van der Waals surface area (Å²) in [5, 5.41) is 6.38. The van der Waals surface area contributed by atoms with E-state index >= 15 is 0 Å². The van der Waals surface area contributed by atoms with E-state index in [1.54, 1.807) is 4.90 Å². The fourth-order valence-corrected chi connectivity index (χ4v) is 3.00. The Balaban J connectivity index is 1.67. The highest BCUT2D eigenvalue weighted by molar-refractivity contribution is 5.93.